The number of carbonyl (C=O) groups is 2. The van der Waals surface area contributed by atoms with Gasteiger partial charge in [0, 0.05) is 11.8 Å². The number of benzene rings is 2. The predicted molar refractivity (Wildman–Crippen MR) is 94.7 cm³/mol. The lowest BCUT2D eigenvalue weighted by Gasteiger charge is -2.13. The van der Waals surface area contributed by atoms with Gasteiger partial charge < -0.3 is 19.9 Å². The van der Waals surface area contributed by atoms with Gasteiger partial charge in [0.15, 0.2) is 6.61 Å². The smallest absolute Gasteiger partial charge is 0.339 e. The Bertz CT molecular complexity index is 790. The van der Waals surface area contributed by atoms with E-state index in [2.05, 4.69) is 5.32 Å². The number of carboxylic acids is 1. The fourth-order valence-corrected chi connectivity index (χ4v) is 2.67. The van der Waals surface area contributed by atoms with Crippen molar-refractivity contribution in [2.24, 2.45) is 0 Å². The number of carbonyl (C=O) groups excluding carboxylic acids is 1. The summed E-state index contributed by atoms with van der Waals surface area (Å²) < 4.78 is 10.7. The SMILES string of the molecule is COc1cc(NC(=O)COc2c(C)cc(C)cc2C)ccc1C(=O)O. The second kappa shape index (κ2) is 7.70. The number of anilines is 1. The summed E-state index contributed by atoms with van der Waals surface area (Å²) in [6.45, 7) is 5.73. The Kier molecular flexibility index (Phi) is 5.64. The average molecular weight is 343 g/mol. The molecule has 6 nitrogen and oxygen atoms in total. The number of hydrogen-bond acceptors (Lipinski definition) is 4. The van der Waals surface area contributed by atoms with Crippen LogP contribution in [-0.2, 0) is 4.79 Å². The summed E-state index contributed by atoms with van der Waals surface area (Å²) in [5.41, 5.74) is 3.54. The molecule has 25 heavy (non-hydrogen) atoms. The van der Waals surface area contributed by atoms with Gasteiger partial charge in [0.05, 0.1) is 7.11 Å². The van der Waals surface area contributed by atoms with Gasteiger partial charge in [-0.2, -0.15) is 0 Å². The second-order valence-electron chi connectivity index (χ2n) is 5.78. The molecule has 0 aliphatic heterocycles. The van der Waals surface area contributed by atoms with Gasteiger partial charge in [-0.1, -0.05) is 17.7 Å². The molecule has 0 radical (unpaired) electrons. The standard InChI is InChI=1S/C19H21NO5/c1-11-7-12(2)18(13(3)8-11)25-10-17(21)20-14-5-6-15(19(22)23)16(9-14)24-4/h5-9H,10H2,1-4H3,(H,20,21)(H,22,23). The maximum Gasteiger partial charge on any atom is 0.339 e. The van der Waals surface area contributed by atoms with E-state index >= 15 is 0 Å². The van der Waals surface area contributed by atoms with Crippen molar-refractivity contribution in [2.45, 2.75) is 20.8 Å². The quantitative estimate of drug-likeness (QED) is 0.840. The average Bonchev–Trinajstić information content (AvgIpc) is 2.53. The lowest BCUT2D eigenvalue weighted by Crippen LogP contribution is -2.21. The van der Waals surface area contributed by atoms with Crippen LogP contribution >= 0.6 is 0 Å². The molecule has 1 amide bonds. The van der Waals surface area contributed by atoms with Crippen LogP contribution in [0.15, 0.2) is 30.3 Å². The largest absolute Gasteiger partial charge is 0.496 e. The number of methoxy groups -OCH3 is 1. The van der Waals surface area contributed by atoms with E-state index in [1.54, 1.807) is 0 Å². The van der Waals surface area contributed by atoms with Crippen molar-refractivity contribution in [3.63, 3.8) is 0 Å². The first-order valence-electron chi connectivity index (χ1n) is 7.73. The number of carboxylic acid groups (broad SMARTS) is 1. The molecular weight excluding hydrogens is 322 g/mol. The molecule has 0 heterocycles. The fraction of sp³-hybridized carbons (Fsp3) is 0.263. The van der Waals surface area contributed by atoms with Crippen LogP contribution in [0.2, 0.25) is 0 Å². The Balaban J connectivity index is 2.05. The Hall–Kier alpha value is -3.02. The molecule has 2 aromatic carbocycles. The summed E-state index contributed by atoms with van der Waals surface area (Å²) >= 11 is 0. The van der Waals surface area contributed by atoms with Crippen LogP contribution in [0.4, 0.5) is 5.69 Å². The van der Waals surface area contributed by atoms with Crippen molar-refractivity contribution in [3.05, 3.63) is 52.6 Å². The van der Waals surface area contributed by atoms with Crippen LogP contribution in [0, 0.1) is 20.8 Å². The van der Waals surface area contributed by atoms with Gasteiger partial charge in [-0.3, -0.25) is 4.79 Å². The Morgan fingerprint density at radius 1 is 1.08 bits per heavy atom. The first-order valence-corrected chi connectivity index (χ1v) is 7.73. The fourth-order valence-electron chi connectivity index (χ4n) is 2.67. The maximum atomic E-state index is 12.1. The van der Waals surface area contributed by atoms with E-state index in [0.717, 1.165) is 16.7 Å². The zero-order chi connectivity index (χ0) is 18.6. The molecule has 132 valence electrons. The van der Waals surface area contributed by atoms with Crippen molar-refractivity contribution < 1.29 is 24.2 Å². The van der Waals surface area contributed by atoms with E-state index in [0.29, 0.717) is 11.4 Å². The van der Waals surface area contributed by atoms with E-state index in [1.165, 1.54) is 25.3 Å². The molecule has 0 aromatic heterocycles. The third kappa shape index (κ3) is 4.50. The van der Waals surface area contributed by atoms with Gasteiger partial charge in [0.2, 0.25) is 0 Å². The van der Waals surface area contributed by atoms with Crippen molar-refractivity contribution in [1.82, 2.24) is 0 Å². The first-order chi connectivity index (χ1) is 11.8. The summed E-state index contributed by atoms with van der Waals surface area (Å²) in [7, 11) is 1.37. The van der Waals surface area contributed by atoms with Gasteiger partial charge in [-0.15, -0.1) is 0 Å². The Morgan fingerprint density at radius 3 is 2.28 bits per heavy atom. The minimum Gasteiger partial charge on any atom is -0.496 e. The Morgan fingerprint density at radius 2 is 1.72 bits per heavy atom. The van der Waals surface area contributed by atoms with Crippen LogP contribution in [0.5, 0.6) is 11.5 Å². The summed E-state index contributed by atoms with van der Waals surface area (Å²) in [6.07, 6.45) is 0. The van der Waals surface area contributed by atoms with E-state index in [9.17, 15) is 9.59 Å². The first kappa shape index (κ1) is 18.3. The highest BCUT2D eigenvalue weighted by Gasteiger charge is 2.13. The molecule has 0 unspecified atom stereocenters. The van der Waals surface area contributed by atoms with Gasteiger partial charge in [0.25, 0.3) is 5.91 Å². The number of nitrogens with one attached hydrogen (secondary N) is 1. The second-order valence-corrected chi connectivity index (χ2v) is 5.78. The van der Waals surface area contributed by atoms with Gasteiger partial charge in [-0.05, 0) is 44.0 Å². The third-order valence-corrected chi connectivity index (χ3v) is 3.67. The highest BCUT2D eigenvalue weighted by molar-refractivity contribution is 5.95. The van der Waals surface area contributed by atoms with Crippen molar-refractivity contribution >= 4 is 17.6 Å². The molecule has 0 atom stereocenters. The monoisotopic (exact) mass is 343 g/mol. The van der Waals surface area contributed by atoms with E-state index in [4.69, 9.17) is 14.6 Å². The third-order valence-electron chi connectivity index (χ3n) is 3.67. The minimum absolute atomic E-state index is 0.0302. The Labute approximate surface area is 146 Å². The van der Waals surface area contributed by atoms with Crippen LogP contribution < -0.4 is 14.8 Å². The van der Waals surface area contributed by atoms with Crippen molar-refractivity contribution in [2.75, 3.05) is 19.0 Å². The van der Waals surface area contributed by atoms with Crippen molar-refractivity contribution in [3.8, 4) is 11.5 Å². The molecule has 0 saturated heterocycles. The maximum absolute atomic E-state index is 12.1. The predicted octanol–water partition coefficient (Wildman–Crippen LogP) is 3.34. The molecule has 0 saturated carbocycles. The molecule has 0 aliphatic rings. The number of ether oxygens (including phenoxy) is 2. The van der Waals surface area contributed by atoms with E-state index in [-0.39, 0.29) is 23.8 Å². The van der Waals surface area contributed by atoms with Crippen LogP contribution in [0.3, 0.4) is 0 Å². The number of aryl methyl sites for hydroxylation is 3. The van der Waals surface area contributed by atoms with Crippen LogP contribution in [0.1, 0.15) is 27.0 Å². The zero-order valence-corrected chi connectivity index (χ0v) is 14.7. The molecule has 0 fully saturated rings. The molecule has 2 rings (SSSR count). The van der Waals surface area contributed by atoms with Crippen molar-refractivity contribution in [1.29, 1.82) is 0 Å². The van der Waals surface area contributed by atoms with Crippen LogP contribution in [-0.4, -0.2) is 30.7 Å². The highest BCUT2D eigenvalue weighted by Crippen LogP contribution is 2.25. The molecule has 2 aromatic rings. The lowest BCUT2D eigenvalue weighted by atomic mass is 10.1. The molecular formula is C19H21NO5. The normalized spacial score (nSPS) is 10.2. The lowest BCUT2D eigenvalue weighted by molar-refractivity contribution is -0.118. The van der Waals surface area contributed by atoms with Gasteiger partial charge in [0.1, 0.15) is 17.1 Å². The van der Waals surface area contributed by atoms with Crippen LogP contribution in [0.25, 0.3) is 0 Å². The highest BCUT2D eigenvalue weighted by atomic mass is 16.5. The number of rotatable bonds is 6. The minimum atomic E-state index is -1.09. The molecule has 0 aliphatic carbocycles. The number of hydrogen-bond donors (Lipinski definition) is 2. The topological polar surface area (TPSA) is 84.9 Å². The molecule has 0 bridgehead atoms. The molecule has 2 N–H and O–H groups in total. The summed E-state index contributed by atoms with van der Waals surface area (Å²) in [5, 5.41) is 11.7. The zero-order valence-electron chi connectivity index (χ0n) is 14.7. The summed E-state index contributed by atoms with van der Waals surface area (Å²) in [5.74, 6) is -0.566. The number of aromatic carboxylic acids is 1. The van der Waals surface area contributed by atoms with E-state index in [1.807, 2.05) is 32.9 Å². The molecule has 0 spiro atoms. The number of amides is 1. The molecule has 6 heteroatoms. The van der Waals surface area contributed by atoms with E-state index < -0.39 is 5.97 Å². The summed E-state index contributed by atoms with van der Waals surface area (Å²) in [4.78, 5) is 23.2. The van der Waals surface area contributed by atoms with Gasteiger partial charge in [-0.25, -0.2) is 4.79 Å². The summed E-state index contributed by atoms with van der Waals surface area (Å²) in [6, 6.07) is 8.34. The van der Waals surface area contributed by atoms with Gasteiger partial charge >= 0.3 is 5.97 Å².